The van der Waals surface area contributed by atoms with Crippen molar-refractivity contribution in [3.05, 3.63) is 59.8 Å². The van der Waals surface area contributed by atoms with E-state index in [1.165, 1.54) is 50.7 Å². The summed E-state index contributed by atoms with van der Waals surface area (Å²) in [6, 6.07) is 10.5. The number of ether oxygens (including phenoxy) is 2. The van der Waals surface area contributed by atoms with Crippen molar-refractivity contribution in [2.45, 2.75) is 64.5 Å². The fourth-order valence-electron chi connectivity index (χ4n) is 7.75. The fraction of sp³-hybridized carbons (Fsp3) is 0.500. The molecule has 1 N–H and O–H groups in total. The van der Waals surface area contributed by atoms with Crippen LogP contribution in [0.4, 0.5) is 16.0 Å². The number of rotatable bonds is 2. The molecule has 246 valence electrons. The molecule has 4 aromatic rings. The van der Waals surface area contributed by atoms with E-state index < -0.39 is 5.82 Å². The zero-order valence-corrected chi connectivity index (χ0v) is 27.0. The summed E-state index contributed by atoms with van der Waals surface area (Å²) in [5, 5.41) is 3.09. The van der Waals surface area contributed by atoms with E-state index in [0.717, 1.165) is 62.8 Å². The van der Waals surface area contributed by atoms with E-state index in [2.05, 4.69) is 47.9 Å². The van der Waals surface area contributed by atoms with E-state index in [9.17, 15) is 9.18 Å². The Morgan fingerprint density at radius 2 is 1.74 bits per heavy atom. The van der Waals surface area contributed by atoms with Crippen molar-refractivity contribution >= 4 is 28.6 Å². The highest BCUT2D eigenvalue weighted by Crippen LogP contribution is 2.43. The van der Waals surface area contributed by atoms with E-state index in [1.54, 1.807) is 12.1 Å². The summed E-state index contributed by atoms with van der Waals surface area (Å²) in [7, 11) is 0. The SMILES string of the molecule is Cc1cc2cc(n1)-c1cncc(F)c1OCCCCCn1c(nc3ccc(N4CCC5(CC4)CCN(C4COC4)CC5)cc31)NC2=O. The molecular formula is C36H42FN7O3. The Hall–Kier alpha value is -4.09. The van der Waals surface area contributed by atoms with Gasteiger partial charge in [0.05, 0.1) is 54.4 Å². The number of hydrogen-bond donors (Lipinski definition) is 1. The lowest BCUT2D eigenvalue weighted by Gasteiger charge is -2.50. The molecule has 4 aliphatic heterocycles. The molecule has 0 atom stereocenters. The van der Waals surface area contributed by atoms with Crippen LogP contribution in [0.2, 0.25) is 0 Å². The zero-order chi connectivity index (χ0) is 32.0. The van der Waals surface area contributed by atoms with Gasteiger partial charge in [0.2, 0.25) is 5.95 Å². The van der Waals surface area contributed by atoms with Gasteiger partial charge >= 0.3 is 0 Å². The summed E-state index contributed by atoms with van der Waals surface area (Å²) in [5.41, 5.74) is 5.44. The van der Waals surface area contributed by atoms with Gasteiger partial charge in [-0.2, -0.15) is 0 Å². The molecule has 3 saturated heterocycles. The predicted octanol–water partition coefficient (Wildman–Crippen LogP) is 5.84. The van der Waals surface area contributed by atoms with Gasteiger partial charge in [-0.3, -0.25) is 25.0 Å². The van der Waals surface area contributed by atoms with Crippen LogP contribution in [0.15, 0.2) is 42.7 Å². The molecule has 3 aromatic heterocycles. The van der Waals surface area contributed by atoms with Crippen molar-refractivity contribution in [3.63, 3.8) is 0 Å². The normalized spacial score (nSPS) is 20.8. The number of hydrogen-bond acceptors (Lipinski definition) is 8. The fourth-order valence-corrected chi connectivity index (χ4v) is 7.75. The highest BCUT2D eigenvalue weighted by molar-refractivity contribution is 6.05. The number of nitrogens with zero attached hydrogens (tertiary/aromatic N) is 6. The van der Waals surface area contributed by atoms with Gasteiger partial charge in [0.1, 0.15) is 0 Å². The summed E-state index contributed by atoms with van der Waals surface area (Å²) in [6.45, 7) is 9.18. The molecule has 3 fully saturated rings. The standard InChI is InChI=1S/C36H42FN7O3/c1-24-17-25-18-31(39-24)28-20-38-21-29(37)33(28)47-16-4-2-3-11-44-32-19-26(5-6-30(32)40-35(44)41-34(25)45)42-12-7-36(8-13-42)9-14-43(15-10-36)27-22-46-23-27/h5-6,17-21,27H,2-4,7-16,22-23H2,1H3,(H,40,41,45). The maximum Gasteiger partial charge on any atom is 0.258 e. The number of carbonyl (C=O) groups excluding carboxylic acids is 1. The molecule has 1 aromatic carbocycles. The first kappa shape index (κ1) is 30.3. The average Bonchev–Trinajstić information content (AvgIpc) is 3.39. The second-order valence-corrected chi connectivity index (χ2v) is 13.7. The largest absolute Gasteiger partial charge is 0.490 e. The Morgan fingerprint density at radius 1 is 0.936 bits per heavy atom. The third-order valence-corrected chi connectivity index (χ3v) is 10.8. The van der Waals surface area contributed by atoms with Crippen molar-refractivity contribution in [3.8, 4) is 17.0 Å². The summed E-state index contributed by atoms with van der Waals surface area (Å²) >= 11 is 0. The smallest absolute Gasteiger partial charge is 0.258 e. The lowest BCUT2D eigenvalue weighted by molar-refractivity contribution is -0.0834. The lowest BCUT2D eigenvalue weighted by Crippen LogP contribution is -2.54. The number of piperidine rings is 2. The monoisotopic (exact) mass is 639 g/mol. The van der Waals surface area contributed by atoms with Crippen LogP contribution >= 0.6 is 0 Å². The van der Waals surface area contributed by atoms with Crippen LogP contribution in [-0.2, 0) is 11.3 Å². The van der Waals surface area contributed by atoms with Crippen LogP contribution < -0.4 is 15.0 Å². The minimum absolute atomic E-state index is 0.114. The van der Waals surface area contributed by atoms with E-state index in [-0.39, 0.29) is 11.7 Å². The number of carbonyl (C=O) groups is 1. The van der Waals surface area contributed by atoms with Crippen LogP contribution in [0.5, 0.6) is 5.75 Å². The number of aryl methyl sites for hydroxylation is 2. The number of benzene rings is 1. The van der Waals surface area contributed by atoms with Crippen molar-refractivity contribution in [2.75, 3.05) is 56.2 Å². The van der Waals surface area contributed by atoms with Crippen molar-refractivity contribution in [1.29, 1.82) is 0 Å². The van der Waals surface area contributed by atoms with Gasteiger partial charge in [-0.15, -0.1) is 0 Å². The van der Waals surface area contributed by atoms with Crippen LogP contribution in [0, 0.1) is 18.2 Å². The minimum atomic E-state index is -0.544. The van der Waals surface area contributed by atoms with E-state index in [1.807, 2.05) is 6.92 Å². The highest BCUT2D eigenvalue weighted by Gasteiger charge is 2.40. The molecule has 10 nitrogen and oxygen atoms in total. The second-order valence-electron chi connectivity index (χ2n) is 13.7. The van der Waals surface area contributed by atoms with Gasteiger partial charge in [-0.25, -0.2) is 9.37 Å². The molecule has 0 aliphatic carbocycles. The first-order chi connectivity index (χ1) is 22.9. The van der Waals surface area contributed by atoms with Crippen molar-refractivity contribution < 1.29 is 18.7 Å². The number of fused-ring (bicyclic) bond motifs is 7. The summed E-state index contributed by atoms with van der Waals surface area (Å²) < 4.78 is 28.3. The van der Waals surface area contributed by atoms with Gasteiger partial charge in [0.15, 0.2) is 11.6 Å². The van der Waals surface area contributed by atoms with Gasteiger partial charge < -0.3 is 18.9 Å². The number of halogens is 1. The Morgan fingerprint density at radius 3 is 2.53 bits per heavy atom. The maximum absolute atomic E-state index is 14.8. The molecule has 1 spiro atoms. The van der Waals surface area contributed by atoms with Crippen LogP contribution in [0.3, 0.4) is 0 Å². The molecular weight excluding hydrogens is 597 g/mol. The number of anilines is 2. The minimum Gasteiger partial charge on any atom is -0.490 e. The average molecular weight is 640 g/mol. The third-order valence-electron chi connectivity index (χ3n) is 10.8. The van der Waals surface area contributed by atoms with E-state index in [0.29, 0.717) is 53.1 Å². The van der Waals surface area contributed by atoms with Crippen LogP contribution in [-0.4, -0.2) is 82.4 Å². The first-order valence-electron chi connectivity index (χ1n) is 17.1. The Kier molecular flexibility index (Phi) is 8.05. The number of pyridine rings is 2. The molecule has 0 saturated carbocycles. The summed E-state index contributed by atoms with van der Waals surface area (Å²) in [5.74, 6) is -0.202. The second kappa shape index (κ2) is 12.5. The molecule has 0 radical (unpaired) electrons. The molecule has 7 heterocycles. The van der Waals surface area contributed by atoms with Crippen molar-refractivity contribution in [1.82, 2.24) is 24.4 Å². The quantitative estimate of drug-likeness (QED) is 0.293. The summed E-state index contributed by atoms with van der Waals surface area (Å²) in [6.07, 6.45) is 10.2. The Labute approximate surface area is 274 Å². The predicted molar refractivity (Wildman–Crippen MR) is 178 cm³/mol. The van der Waals surface area contributed by atoms with E-state index in [4.69, 9.17) is 14.5 Å². The molecule has 4 aliphatic rings. The summed E-state index contributed by atoms with van der Waals surface area (Å²) in [4.78, 5) is 32.4. The lowest BCUT2D eigenvalue weighted by atomic mass is 9.71. The number of nitrogens with one attached hydrogen (secondary N) is 1. The molecule has 1 amide bonds. The number of imidazole rings is 1. The van der Waals surface area contributed by atoms with Crippen LogP contribution in [0.25, 0.3) is 22.3 Å². The third kappa shape index (κ3) is 5.95. The maximum atomic E-state index is 14.8. The van der Waals surface area contributed by atoms with Gasteiger partial charge in [0.25, 0.3) is 5.91 Å². The first-order valence-corrected chi connectivity index (χ1v) is 17.1. The number of likely N-dealkylation sites (tertiary alicyclic amines) is 1. The van der Waals surface area contributed by atoms with Gasteiger partial charge in [-0.05, 0) is 101 Å². The molecule has 8 rings (SSSR count). The Balaban J connectivity index is 1.04. The molecule has 2 bridgehead atoms. The topological polar surface area (TPSA) is 97.6 Å². The number of amides is 1. The van der Waals surface area contributed by atoms with Crippen molar-refractivity contribution in [2.24, 2.45) is 5.41 Å². The molecule has 11 heteroatoms. The van der Waals surface area contributed by atoms with Gasteiger partial charge in [-0.1, -0.05) is 0 Å². The zero-order valence-electron chi connectivity index (χ0n) is 27.0. The molecule has 0 unspecified atom stereocenters. The van der Waals surface area contributed by atoms with Crippen LogP contribution in [0.1, 0.15) is 61.0 Å². The molecule has 47 heavy (non-hydrogen) atoms. The highest BCUT2D eigenvalue weighted by atomic mass is 19.1. The van der Waals surface area contributed by atoms with Gasteiger partial charge in [0, 0.05) is 42.8 Å². The Bertz CT molecular complexity index is 1790. The van der Waals surface area contributed by atoms with E-state index >= 15 is 0 Å². The number of aromatic nitrogens is 4.